The molecule has 0 radical (unpaired) electrons. The molecule has 0 aliphatic rings. The molecule has 0 amide bonds. The Morgan fingerprint density at radius 1 is 0.810 bits per heavy atom. The number of unbranched alkanes of at least 4 members (excludes halogenated alkanes) is 11. The van der Waals surface area contributed by atoms with Crippen LogP contribution in [0.5, 0.6) is 0 Å². The summed E-state index contributed by atoms with van der Waals surface area (Å²) in [6.45, 7) is 2.75. The smallest absolute Gasteiger partial charge is 0.305 e. The summed E-state index contributed by atoms with van der Waals surface area (Å²) in [6.07, 6.45) is 16.2. The number of hydrogen-bond acceptors (Lipinski definition) is 3. The molecule has 0 aromatic heterocycles. The van der Waals surface area contributed by atoms with Crippen molar-refractivity contribution in [2.75, 3.05) is 6.61 Å². The van der Waals surface area contributed by atoms with Gasteiger partial charge in [0.05, 0.1) is 6.61 Å². The van der Waals surface area contributed by atoms with Crippen molar-refractivity contribution in [2.24, 2.45) is 0 Å². The molecule has 0 spiro atoms. The highest BCUT2D eigenvalue weighted by Crippen LogP contribution is 2.10. The Bertz CT molecular complexity index is 239. The van der Waals surface area contributed by atoms with Crippen LogP contribution in [0.15, 0.2) is 0 Å². The van der Waals surface area contributed by atoms with E-state index in [0.29, 0.717) is 19.4 Å². The quantitative estimate of drug-likeness (QED) is 0.223. The van der Waals surface area contributed by atoms with E-state index in [9.17, 15) is 9.59 Å². The van der Waals surface area contributed by atoms with Gasteiger partial charge >= 0.3 is 5.97 Å². The predicted octanol–water partition coefficient (Wildman–Crippen LogP) is 5.21. The van der Waals surface area contributed by atoms with E-state index in [2.05, 4.69) is 6.92 Å². The van der Waals surface area contributed by atoms with Gasteiger partial charge in [-0.1, -0.05) is 58.3 Å². The molecule has 0 aromatic carbocycles. The van der Waals surface area contributed by atoms with Crippen LogP contribution in [-0.2, 0) is 14.3 Å². The van der Waals surface area contributed by atoms with Gasteiger partial charge in [-0.15, -0.1) is 0 Å². The first-order chi connectivity index (χ1) is 10.3. The molecule has 0 aliphatic carbocycles. The first kappa shape index (κ1) is 20.1. The number of carbonyl (C=O) groups is 2. The van der Waals surface area contributed by atoms with Crippen LogP contribution in [0.1, 0.15) is 96.8 Å². The van der Waals surface area contributed by atoms with Gasteiger partial charge < -0.3 is 9.53 Å². The highest BCUT2D eigenvalue weighted by atomic mass is 16.5. The van der Waals surface area contributed by atoms with Crippen molar-refractivity contribution in [3.8, 4) is 0 Å². The summed E-state index contributed by atoms with van der Waals surface area (Å²) in [5.41, 5.74) is 0. The van der Waals surface area contributed by atoms with E-state index in [1.807, 2.05) is 0 Å². The molecule has 0 rings (SSSR count). The highest BCUT2D eigenvalue weighted by Gasteiger charge is 2.02. The van der Waals surface area contributed by atoms with Crippen LogP contribution in [0.3, 0.4) is 0 Å². The molecule has 21 heavy (non-hydrogen) atoms. The van der Waals surface area contributed by atoms with Crippen LogP contribution in [0, 0.1) is 0 Å². The average Bonchev–Trinajstić information content (AvgIpc) is 2.49. The van der Waals surface area contributed by atoms with Crippen LogP contribution in [0.25, 0.3) is 0 Å². The molecule has 0 aromatic rings. The van der Waals surface area contributed by atoms with Crippen molar-refractivity contribution < 1.29 is 14.3 Å². The van der Waals surface area contributed by atoms with E-state index in [-0.39, 0.29) is 5.97 Å². The van der Waals surface area contributed by atoms with Crippen molar-refractivity contribution in [3.05, 3.63) is 0 Å². The Labute approximate surface area is 130 Å². The Morgan fingerprint density at radius 2 is 1.38 bits per heavy atom. The predicted molar refractivity (Wildman–Crippen MR) is 87.3 cm³/mol. The maximum Gasteiger partial charge on any atom is 0.305 e. The van der Waals surface area contributed by atoms with Gasteiger partial charge in [-0.25, -0.2) is 0 Å². The summed E-state index contributed by atoms with van der Waals surface area (Å²) >= 11 is 0. The molecule has 0 N–H and O–H groups in total. The van der Waals surface area contributed by atoms with Gasteiger partial charge in [0.15, 0.2) is 0 Å². The average molecular weight is 298 g/mol. The molecule has 3 heteroatoms. The molecule has 0 bridgehead atoms. The maximum absolute atomic E-state index is 11.5. The Kier molecular flexibility index (Phi) is 16.5. The van der Waals surface area contributed by atoms with Gasteiger partial charge in [0.1, 0.15) is 6.29 Å². The molecule has 0 heterocycles. The fourth-order valence-electron chi connectivity index (χ4n) is 2.34. The summed E-state index contributed by atoms with van der Waals surface area (Å²) in [5, 5.41) is 0. The largest absolute Gasteiger partial charge is 0.466 e. The second kappa shape index (κ2) is 17.2. The fraction of sp³-hybridized carbons (Fsp3) is 0.889. The van der Waals surface area contributed by atoms with E-state index in [0.717, 1.165) is 38.4 Å². The first-order valence-electron chi connectivity index (χ1n) is 8.90. The summed E-state index contributed by atoms with van der Waals surface area (Å²) in [6, 6.07) is 0. The zero-order chi connectivity index (χ0) is 15.6. The lowest BCUT2D eigenvalue weighted by molar-refractivity contribution is -0.143. The topological polar surface area (TPSA) is 43.4 Å². The summed E-state index contributed by atoms with van der Waals surface area (Å²) in [5.74, 6) is -0.0617. The molecule has 0 saturated heterocycles. The SMILES string of the molecule is CCCCCCCCCCCC(=O)OCCCCCC=O. The zero-order valence-corrected chi connectivity index (χ0v) is 13.9. The highest BCUT2D eigenvalue weighted by molar-refractivity contribution is 5.69. The first-order valence-corrected chi connectivity index (χ1v) is 8.90. The minimum Gasteiger partial charge on any atom is -0.466 e. The van der Waals surface area contributed by atoms with Crippen LogP contribution in [0.4, 0.5) is 0 Å². The third-order valence-corrected chi connectivity index (χ3v) is 3.71. The van der Waals surface area contributed by atoms with Gasteiger partial charge in [0, 0.05) is 12.8 Å². The Hall–Kier alpha value is -0.860. The third-order valence-electron chi connectivity index (χ3n) is 3.71. The van der Waals surface area contributed by atoms with Gasteiger partial charge in [-0.2, -0.15) is 0 Å². The zero-order valence-electron chi connectivity index (χ0n) is 13.9. The standard InChI is InChI=1S/C18H34O3/c1-2-3-4-5-6-7-8-9-12-15-18(20)21-17-14-11-10-13-16-19/h16H,2-15,17H2,1H3. The van der Waals surface area contributed by atoms with Crippen LogP contribution in [-0.4, -0.2) is 18.9 Å². The molecular weight excluding hydrogens is 264 g/mol. The van der Waals surface area contributed by atoms with Crippen molar-refractivity contribution in [2.45, 2.75) is 96.8 Å². The Morgan fingerprint density at radius 3 is 2.00 bits per heavy atom. The van der Waals surface area contributed by atoms with Gasteiger partial charge in [0.2, 0.25) is 0 Å². The second-order valence-corrected chi connectivity index (χ2v) is 5.81. The Balaban J connectivity index is 3.14. The molecule has 124 valence electrons. The van der Waals surface area contributed by atoms with E-state index in [1.54, 1.807) is 0 Å². The number of ether oxygens (including phenoxy) is 1. The van der Waals surface area contributed by atoms with Crippen molar-refractivity contribution in [3.63, 3.8) is 0 Å². The van der Waals surface area contributed by atoms with Crippen LogP contribution >= 0.6 is 0 Å². The van der Waals surface area contributed by atoms with E-state index in [1.165, 1.54) is 44.9 Å². The monoisotopic (exact) mass is 298 g/mol. The van der Waals surface area contributed by atoms with Gasteiger partial charge in [-0.3, -0.25) is 4.79 Å². The van der Waals surface area contributed by atoms with Crippen LogP contribution < -0.4 is 0 Å². The normalized spacial score (nSPS) is 10.5. The molecule has 0 fully saturated rings. The van der Waals surface area contributed by atoms with Gasteiger partial charge in [-0.05, 0) is 25.7 Å². The third kappa shape index (κ3) is 17.1. The van der Waals surface area contributed by atoms with Crippen molar-refractivity contribution in [1.82, 2.24) is 0 Å². The molecule has 0 aliphatic heterocycles. The minimum absolute atomic E-state index is 0.0617. The number of esters is 1. The number of hydrogen-bond donors (Lipinski definition) is 0. The molecule has 0 saturated carbocycles. The summed E-state index contributed by atoms with van der Waals surface area (Å²) in [7, 11) is 0. The number of carbonyl (C=O) groups excluding carboxylic acids is 2. The maximum atomic E-state index is 11.5. The summed E-state index contributed by atoms with van der Waals surface area (Å²) < 4.78 is 5.17. The molecule has 3 nitrogen and oxygen atoms in total. The van der Waals surface area contributed by atoms with Crippen molar-refractivity contribution >= 4 is 12.3 Å². The lowest BCUT2D eigenvalue weighted by atomic mass is 10.1. The second-order valence-electron chi connectivity index (χ2n) is 5.81. The number of aldehydes is 1. The molecule has 0 atom stereocenters. The van der Waals surface area contributed by atoms with E-state index < -0.39 is 0 Å². The lowest BCUT2D eigenvalue weighted by Gasteiger charge is -2.04. The molecule has 0 unspecified atom stereocenters. The van der Waals surface area contributed by atoms with E-state index in [4.69, 9.17) is 4.74 Å². The summed E-state index contributed by atoms with van der Waals surface area (Å²) in [4.78, 5) is 21.6. The lowest BCUT2D eigenvalue weighted by Crippen LogP contribution is -2.05. The fourth-order valence-corrected chi connectivity index (χ4v) is 2.34. The van der Waals surface area contributed by atoms with Gasteiger partial charge in [0.25, 0.3) is 0 Å². The van der Waals surface area contributed by atoms with E-state index >= 15 is 0 Å². The van der Waals surface area contributed by atoms with Crippen LogP contribution in [0.2, 0.25) is 0 Å². The minimum atomic E-state index is -0.0617. The molecular formula is C18H34O3. The number of rotatable bonds is 16. The van der Waals surface area contributed by atoms with Crippen molar-refractivity contribution in [1.29, 1.82) is 0 Å².